The number of amides is 2. The van der Waals surface area contributed by atoms with Gasteiger partial charge in [0.25, 0.3) is 11.8 Å². The lowest BCUT2D eigenvalue weighted by atomic mass is 9.85. The first-order valence-electron chi connectivity index (χ1n) is 9.78. The molecule has 2 amide bonds. The summed E-state index contributed by atoms with van der Waals surface area (Å²) in [5, 5.41) is 6.56. The van der Waals surface area contributed by atoms with Crippen molar-refractivity contribution in [3.05, 3.63) is 43.6 Å². The van der Waals surface area contributed by atoms with E-state index in [0.29, 0.717) is 54.7 Å². The molecule has 2 N–H and O–H groups in total. The molecular weight excluding hydrogens is 520 g/mol. The molecule has 0 bridgehead atoms. The molecule has 0 aliphatic carbocycles. The molecule has 0 spiro atoms. The summed E-state index contributed by atoms with van der Waals surface area (Å²) in [5.41, 5.74) is 1.29. The van der Waals surface area contributed by atoms with Crippen LogP contribution in [0.1, 0.15) is 39.4 Å². The number of morpholine rings is 1. The smallest absolute Gasteiger partial charge is 0.261 e. The Morgan fingerprint density at radius 3 is 2.77 bits per heavy atom. The van der Waals surface area contributed by atoms with Crippen molar-refractivity contribution in [3.8, 4) is 0 Å². The number of nitrogens with zero attached hydrogens (tertiary/aromatic N) is 1. The van der Waals surface area contributed by atoms with Gasteiger partial charge in [0.05, 0.1) is 29.3 Å². The van der Waals surface area contributed by atoms with Gasteiger partial charge in [0.1, 0.15) is 10.8 Å². The summed E-state index contributed by atoms with van der Waals surface area (Å²) in [6.45, 7) is 6.63. The molecule has 9 heteroatoms. The monoisotopic (exact) mass is 543 g/mol. The van der Waals surface area contributed by atoms with Gasteiger partial charge in [-0.2, -0.15) is 0 Å². The molecule has 160 valence electrons. The van der Waals surface area contributed by atoms with Crippen LogP contribution in [0.2, 0.25) is 0 Å². The second kappa shape index (κ2) is 8.43. The summed E-state index contributed by atoms with van der Waals surface area (Å²) in [6, 6.07) is 4.87. The van der Waals surface area contributed by atoms with Crippen molar-refractivity contribution in [2.75, 3.05) is 38.2 Å². The quantitative estimate of drug-likeness (QED) is 0.575. The van der Waals surface area contributed by atoms with Crippen LogP contribution in [-0.2, 0) is 11.2 Å². The van der Waals surface area contributed by atoms with Crippen LogP contribution in [0.4, 0.5) is 15.1 Å². The molecule has 4 rings (SSSR count). The summed E-state index contributed by atoms with van der Waals surface area (Å²) in [5.74, 6) is -0.734. The van der Waals surface area contributed by atoms with Crippen molar-refractivity contribution >= 4 is 56.4 Å². The van der Waals surface area contributed by atoms with Crippen LogP contribution >= 0.6 is 33.9 Å². The standard InChI is InChI=1S/C21H23FIN3O3S/c1-21(2)10-13-16(20(28)26-5-7-29-8-6-26)19(30-17(13)18(27)24-11-21)25-15-4-3-12(23)9-14(15)22/h3-4,9,25H,5-8,10-11H2,1-2H3,(H,24,27). The third-order valence-corrected chi connectivity index (χ3v) is 7.10. The summed E-state index contributed by atoms with van der Waals surface area (Å²) in [4.78, 5) is 28.6. The first-order chi connectivity index (χ1) is 14.2. The minimum atomic E-state index is -0.403. The van der Waals surface area contributed by atoms with Crippen LogP contribution in [0.15, 0.2) is 18.2 Å². The zero-order valence-electron chi connectivity index (χ0n) is 16.8. The first kappa shape index (κ1) is 21.5. The lowest BCUT2D eigenvalue weighted by molar-refractivity contribution is 0.0303. The molecule has 1 fully saturated rings. The first-order valence-corrected chi connectivity index (χ1v) is 11.7. The number of hydrogen-bond acceptors (Lipinski definition) is 5. The van der Waals surface area contributed by atoms with E-state index in [1.807, 2.05) is 22.6 Å². The molecule has 2 aliphatic heterocycles. The predicted octanol–water partition coefficient (Wildman–Crippen LogP) is 4.02. The molecular formula is C21H23FIN3O3S. The number of halogens is 2. The van der Waals surface area contributed by atoms with Gasteiger partial charge in [0, 0.05) is 23.2 Å². The van der Waals surface area contributed by atoms with Crippen molar-refractivity contribution in [1.82, 2.24) is 10.2 Å². The highest BCUT2D eigenvalue weighted by atomic mass is 127. The number of nitrogens with one attached hydrogen (secondary N) is 2. The van der Waals surface area contributed by atoms with Crippen molar-refractivity contribution in [1.29, 1.82) is 0 Å². The van der Waals surface area contributed by atoms with Crippen LogP contribution in [0.25, 0.3) is 0 Å². The van der Waals surface area contributed by atoms with Gasteiger partial charge in [-0.1, -0.05) is 13.8 Å². The maximum absolute atomic E-state index is 14.5. The van der Waals surface area contributed by atoms with Crippen LogP contribution in [0.5, 0.6) is 0 Å². The highest BCUT2D eigenvalue weighted by Crippen LogP contribution is 2.41. The van der Waals surface area contributed by atoms with E-state index in [1.165, 1.54) is 17.4 Å². The van der Waals surface area contributed by atoms with Crippen molar-refractivity contribution in [3.63, 3.8) is 0 Å². The van der Waals surface area contributed by atoms with Gasteiger partial charge >= 0.3 is 0 Å². The summed E-state index contributed by atoms with van der Waals surface area (Å²) in [6.07, 6.45) is 0.583. The Morgan fingerprint density at radius 1 is 1.33 bits per heavy atom. The number of anilines is 2. The lowest BCUT2D eigenvalue weighted by Gasteiger charge is -2.28. The van der Waals surface area contributed by atoms with E-state index < -0.39 is 5.82 Å². The summed E-state index contributed by atoms with van der Waals surface area (Å²) in [7, 11) is 0. The number of benzene rings is 1. The largest absolute Gasteiger partial charge is 0.378 e. The molecule has 30 heavy (non-hydrogen) atoms. The number of thiophene rings is 1. The molecule has 1 aromatic carbocycles. The van der Waals surface area contributed by atoms with Gasteiger partial charge in [-0.05, 0) is 58.2 Å². The average Bonchev–Trinajstić information content (AvgIpc) is 3.00. The van der Waals surface area contributed by atoms with Crippen molar-refractivity contribution in [2.24, 2.45) is 5.41 Å². The second-order valence-electron chi connectivity index (χ2n) is 8.29. The molecule has 0 atom stereocenters. The number of rotatable bonds is 3. The summed E-state index contributed by atoms with van der Waals surface area (Å²) < 4.78 is 20.7. The van der Waals surface area contributed by atoms with E-state index in [2.05, 4.69) is 24.5 Å². The number of carbonyl (C=O) groups excluding carboxylic acids is 2. The molecule has 0 saturated carbocycles. The van der Waals surface area contributed by atoms with Gasteiger partial charge in [-0.15, -0.1) is 11.3 Å². The van der Waals surface area contributed by atoms with E-state index in [0.717, 1.165) is 9.13 Å². The topological polar surface area (TPSA) is 70.7 Å². The molecule has 0 unspecified atom stereocenters. The van der Waals surface area contributed by atoms with E-state index >= 15 is 0 Å². The predicted molar refractivity (Wildman–Crippen MR) is 123 cm³/mol. The highest BCUT2D eigenvalue weighted by molar-refractivity contribution is 14.1. The molecule has 1 aromatic heterocycles. The Hall–Kier alpha value is -1.72. The third-order valence-electron chi connectivity index (χ3n) is 5.29. The SMILES string of the molecule is CC1(C)CNC(=O)c2sc(Nc3ccc(I)cc3F)c(C(=O)N3CCOCC3)c2C1. The second-order valence-corrected chi connectivity index (χ2v) is 10.6. The van der Waals surface area contributed by atoms with Crippen LogP contribution in [-0.4, -0.2) is 49.6 Å². The fourth-order valence-electron chi connectivity index (χ4n) is 3.71. The van der Waals surface area contributed by atoms with Gasteiger partial charge in [0.15, 0.2) is 0 Å². The Kier molecular flexibility index (Phi) is 6.04. The molecule has 0 radical (unpaired) electrons. The zero-order valence-corrected chi connectivity index (χ0v) is 19.8. The Morgan fingerprint density at radius 2 is 2.07 bits per heavy atom. The van der Waals surface area contributed by atoms with E-state index in [4.69, 9.17) is 4.74 Å². The Balaban J connectivity index is 1.81. The van der Waals surface area contributed by atoms with Gasteiger partial charge in [0.2, 0.25) is 0 Å². The third kappa shape index (κ3) is 4.33. The van der Waals surface area contributed by atoms with Crippen LogP contribution in [0.3, 0.4) is 0 Å². The van der Waals surface area contributed by atoms with E-state index in [9.17, 15) is 14.0 Å². The minimum absolute atomic E-state index is 0.144. The van der Waals surface area contributed by atoms with Crippen LogP contribution in [0, 0.1) is 14.8 Å². The number of ether oxygens (including phenoxy) is 1. The van der Waals surface area contributed by atoms with Gasteiger partial charge in [-0.3, -0.25) is 9.59 Å². The maximum atomic E-state index is 14.5. The Labute approximate surface area is 192 Å². The molecule has 2 aliphatic rings. The normalized spacial score (nSPS) is 18.4. The lowest BCUT2D eigenvalue weighted by Crippen LogP contribution is -2.41. The fourth-order valence-corrected chi connectivity index (χ4v) is 5.30. The molecule has 3 heterocycles. The summed E-state index contributed by atoms with van der Waals surface area (Å²) >= 11 is 3.26. The van der Waals surface area contributed by atoms with Crippen molar-refractivity contribution in [2.45, 2.75) is 20.3 Å². The molecule has 6 nitrogen and oxygen atoms in total. The van der Waals surface area contributed by atoms with Gasteiger partial charge in [-0.25, -0.2) is 4.39 Å². The van der Waals surface area contributed by atoms with Gasteiger partial charge < -0.3 is 20.3 Å². The number of carbonyl (C=O) groups is 2. The fraction of sp³-hybridized carbons (Fsp3) is 0.429. The van der Waals surface area contributed by atoms with E-state index in [1.54, 1.807) is 17.0 Å². The number of fused-ring (bicyclic) bond motifs is 1. The molecule has 1 saturated heterocycles. The number of hydrogen-bond donors (Lipinski definition) is 2. The maximum Gasteiger partial charge on any atom is 0.261 e. The highest BCUT2D eigenvalue weighted by Gasteiger charge is 2.36. The van der Waals surface area contributed by atoms with Crippen LogP contribution < -0.4 is 10.6 Å². The molecule has 2 aromatic rings. The Bertz CT molecular complexity index is 1000. The zero-order chi connectivity index (χ0) is 21.5. The van der Waals surface area contributed by atoms with E-state index in [-0.39, 0.29) is 22.9 Å². The van der Waals surface area contributed by atoms with Crippen molar-refractivity contribution < 1.29 is 18.7 Å². The average molecular weight is 543 g/mol. The minimum Gasteiger partial charge on any atom is -0.378 e.